The lowest BCUT2D eigenvalue weighted by molar-refractivity contribution is -0.129. The van der Waals surface area contributed by atoms with E-state index in [1.165, 1.54) is 12.8 Å². The number of fused-ring (bicyclic) bond motifs is 1. The van der Waals surface area contributed by atoms with Gasteiger partial charge in [-0.25, -0.2) is 0 Å². The standard InChI is InChI=1S/C19H23N3O2/c20-18(23)14-9-21-15-3-1-2-13(15)17(14)22-16-11-4-10-5-12(16)8-19(24,6-10)7-11/h1-2,9-12,16,24H,3-8H2,(H2,20,23)(H,21,22). The fourth-order valence-electron chi connectivity index (χ4n) is 5.92. The number of aromatic nitrogens is 1. The highest BCUT2D eigenvalue weighted by Gasteiger charge is 2.54. The Kier molecular flexibility index (Phi) is 2.90. The molecule has 4 saturated carbocycles. The maximum absolute atomic E-state index is 11.9. The minimum Gasteiger partial charge on any atom is -0.390 e. The summed E-state index contributed by atoms with van der Waals surface area (Å²) >= 11 is 0. The second kappa shape index (κ2) is 4.82. The molecule has 24 heavy (non-hydrogen) atoms. The number of nitrogens with one attached hydrogen (secondary N) is 1. The number of primary amides is 1. The number of carbonyl (C=O) groups excluding carboxylic acids is 1. The number of hydrogen-bond donors (Lipinski definition) is 3. The molecule has 0 aliphatic heterocycles. The maximum atomic E-state index is 11.9. The summed E-state index contributed by atoms with van der Waals surface area (Å²) in [5.74, 6) is 1.20. The van der Waals surface area contributed by atoms with E-state index < -0.39 is 11.5 Å². The molecule has 2 atom stereocenters. The Bertz CT molecular complexity index is 741. The van der Waals surface area contributed by atoms with Crippen LogP contribution >= 0.6 is 0 Å². The first-order chi connectivity index (χ1) is 11.5. The van der Waals surface area contributed by atoms with Crippen LogP contribution in [-0.4, -0.2) is 27.6 Å². The van der Waals surface area contributed by atoms with E-state index >= 15 is 0 Å². The molecule has 0 aromatic carbocycles. The third kappa shape index (κ3) is 2.04. The summed E-state index contributed by atoms with van der Waals surface area (Å²) < 4.78 is 0. The third-order valence-electron chi connectivity index (χ3n) is 6.61. The van der Waals surface area contributed by atoms with Gasteiger partial charge in [0.15, 0.2) is 0 Å². The van der Waals surface area contributed by atoms with Crippen molar-refractivity contribution in [3.63, 3.8) is 0 Å². The summed E-state index contributed by atoms with van der Waals surface area (Å²) in [5.41, 5.74) is 8.50. The van der Waals surface area contributed by atoms with Gasteiger partial charge in [-0.05, 0) is 49.9 Å². The normalized spacial score (nSPS) is 38.4. The molecule has 1 amide bonds. The maximum Gasteiger partial charge on any atom is 0.252 e. The summed E-state index contributed by atoms with van der Waals surface area (Å²) in [6.45, 7) is 0. The van der Waals surface area contributed by atoms with Crippen LogP contribution in [-0.2, 0) is 6.42 Å². The first-order valence-electron chi connectivity index (χ1n) is 8.99. The van der Waals surface area contributed by atoms with Crippen LogP contribution in [0, 0.1) is 17.8 Å². The van der Waals surface area contributed by atoms with Crippen LogP contribution in [0.4, 0.5) is 5.69 Å². The lowest BCUT2D eigenvalue weighted by atomic mass is 9.52. The van der Waals surface area contributed by atoms with Gasteiger partial charge in [0.05, 0.1) is 22.5 Å². The molecule has 5 aliphatic carbocycles. The van der Waals surface area contributed by atoms with Crippen molar-refractivity contribution in [1.82, 2.24) is 4.98 Å². The number of aliphatic hydroxyl groups is 1. The number of nitrogens with zero attached hydrogens (tertiary/aromatic N) is 1. The van der Waals surface area contributed by atoms with E-state index in [0.29, 0.717) is 29.4 Å². The van der Waals surface area contributed by atoms with E-state index in [0.717, 1.165) is 42.6 Å². The molecular weight excluding hydrogens is 302 g/mol. The molecule has 4 fully saturated rings. The number of pyridine rings is 1. The Balaban J connectivity index is 1.52. The summed E-state index contributed by atoms with van der Waals surface area (Å²) in [7, 11) is 0. The molecule has 5 aliphatic rings. The Labute approximate surface area is 141 Å². The highest BCUT2D eigenvalue weighted by Crippen LogP contribution is 2.56. The van der Waals surface area contributed by atoms with Gasteiger partial charge in [-0.3, -0.25) is 9.78 Å². The molecule has 0 spiro atoms. The second-order valence-corrected chi connectivity index (χ2v) is 8.24. The number of anilines is 1. The average molecular weight is 325 g/mol. The van der Waals surface area contributed by atoms with Crippen molar-refractivity contribution in [3.8, 4) is 0 Å². The molecular formula is C19H23N3O2. The predicted molar refractivity (Wildman–Crippen MR) is 91.4 cm³/mol. The van der Waals surface area contributed by atoms with E-state index in [1.807, 2.05) is 6.08 Å². The summed E-state index contributed by atoms with van der Waals surface area (Å²) in [6, 6.07) is 0.320. The van der Waals surface area contributed by atoms with E-state index in [9.17, 15) is 9.90 Å². The minimum atomic E-state index is -0.443. The van der Waals surface area contributed by atoms with Crippen molar-refractivity contribution >= 4 is 17.7 Å². The van der Waals surface area contributed by atoms with Gasteiger partial charge >= 0.3 is 0 Å². The van der Waals surface area contributed by atoms with Gasteiger partial charge in [-0.2, -0.15) is 0 Å². The zero-order valence-electron chi connectivity index (χ0n) is 13.7. The lowest BCUT2D eigenvalue weighted by Gasteiger charge is -2.58. The molecule has 1 aromatic rings. The van der Waals surface area contributed by atoms with Gasteiger partial charge < -0.3 is 16.2 Å². The third-order valence-corrected chi connectivity index (χ3v) is 6.61. The second-order valence-electron chi connectivity index (χ2n) is 8.24. The molecule has 4 N–H and O–H groups in total. The number of amides is 1. The topological polar surface area (TPSA) is 88.2 Å². The van der Waals surface area contributed by atoms with Crippen LogP contribution in [0.1, 0.15) is 53.7 Å². The highest BCUT2D eigenvalue weighted by atomic mass is 16.3. The van der Waals surface area contributed by atoms with E-state index in [-0.39, 0.29) is 0 Å². The highest BCUT2D eigenvalue weighted by molar-refractivity contribution is 6.00. The van der Waals surface area contributed by atoms with Gasteiger partial charge in [0.1, 0.15) is 0 Å². The van der Waals surface area contributed by atoms with Crippen molar-refractivity contribution in [2.75, 3.05) is 5.32 Å². The predicted octanol–water partition coefficient (Wildman–Crippen LogP) is 2.10. The number of nitrogens with two attached hydrogens (primary N) is 1. The molecule has 4 bridgehead atoms. The van der Waals surface area contributed by atoms with Crippen LogP contribution in [0.2, 0.25) is 0 Å². The summed E-state index contributed by atoms with van der Waals surface area (Å²) in [6.07, 6.45) is 11.7. The molecule has 6 rings (SSSR count). The molecule has 1 aromatic heterocycles. The average Bonchev–Trinajstić information content (AvgIpc) is 2.97. The van der Waals surface area contributed by atoms with Crippen LogP contribution in [0.25, 0.3) is 6.08 Å². The molecule has 1 heterocycles. The fraction of sp³-hybridized carbons (Fsp3) is 0.579. The van der Waals surface area contributed by atoms with Crippen LogP contribution in [0.3, 0.4) is 0 Å². The molecule has 0 saturated heterocycles. The Morgan fingerprint density at radius 1 is 1.29 bits per heavy atom. The van der Waals surface area contributed by atoms with Crippen molar-refractivity contribution in [3.05, 3.63) is 29.1 Å². The van der Waals surface area contributed by atoms with Gasteiger partial charge in [0.2, 0.25) is 0 Å². The molecule has 5 heteroatoms. The van der Waals surface area contributed by atoms with Gasteiger partial charge in [-0.1, -0.05) is 12.2 Å². The van der Waals surface area contributed by atoms with Crippen molar-refractivity contribution in [2.45, 2.75) is 50.2 Å². The largest absolute Gasteiger partial charge is 0.390 e. The number of allylic oxidation sites excluding steroid dienone is 1. The van der Waals surface area contributed by atoms with Crippen LogP contribution in [0.15, 0.2) is 12.3 Å². The number of rotatable bonds is 3. The van der Waals surface area contributed by atoms with Crippen molar-refractivity contribution < 1.29 is 9.90 Å². The SMILES string of the molecule is NC(=O)c1cnc2c(c1NC1C3CC4CC1CC(O)(C4)C3)C=CC2. The zero-order valence-corrected chi connectivity index (χ0v) is 13.7. The summed E-state index contributed by atoms with van der Waals surface area (Å²) in [4.78, 5) is 16.3. The molecule has 2 unspecified atom stereocenters. The first-order valence-corrected chi connectivity index (χ1v) is 8.99. The monoisotopic (exact) mass is 325 g/mol. The minimum absolute atomic E-state index is 0.320. The molecule has 126 valence electrons. The zero-order chi connectivity index (χ0) is 16.5. The number of carbonyl (C=O) groups is 1. The van der Waals surface area contributed by atoms with Crippen molar-refractivity contribution in [2.24, 2.45) is 23.5 Å². The van der Waals surface area contributed by atoms with Gasteiger partial charge in [0, 0.05) is 24.2 Å². The number of hydrogen-bond acceptors (Lipinski definition) is 4. The van der Waals surface area contributed by atoms with Gasteiger partial charge in [-0.15, -0.1) is 0 Å². The Hall–Kier alpha value is -1.88. The van der Waals surface area contributed by atoms with E-state index in [1.54, 1.807) is 6.20 Å². The quantitative estimate of drug-likeness (QED) is 0.794. The molecule has 5 nitrogen and oxygen atoms in total. The fourth-order valence-corrected chi connectivity index (χ4v) is 5.92. The van der Waals surface area contributed by atoms with Gasteiger partial charge in [0.25, 0.3) is 5.91 Å². The lowest BCUT2D eigenvalue weighted by Crippen LogP contribution is -2.59. The van der Waals surface area contributed by atoms with Crippen LogP contribution in [0.5, 0.6) is 0 Å². The first kappa shape index (κ1) is 14.5. The van der Waals surface area contributed by atoms with E-state index in [4.69, 9.17) is 5.73 Å². The molecule has 0 radical (unpaired) electrons. The Morgan fingerprint density at radius 2 is 2.04 bits per heavy atom. The smallest absolute Gasteiger partial charge is 0.252 e. The summed E-state index contributed by atoms with van der Waals surface area (Å²) in [5, 5.41) is 14.4. The Morgan fingerprint density at radius 3 is 2.71 bits per heavy atom. The van der Waals surface area contributed by atoms with Crippen LogP contribution < -0.4 is 11.1 Å². The van der Waals surface area contributed by atoms with E-state index in [2.05, 4.69) is 16.4 Å². The van der Waals surface area contributed by atoms with Crippen molar-refractivity contribution in [1.29, 1.82) is 0 Å².